The molecule has 0 unspecified atom stereocenters. The molecule has 0 radical (unpaired) electrons. The maximum atomic E-state index is 12.9. The smallest absolute Gasteiger partial charge is 0.332 e. The van der Waals surface area contributed by atoms with E-state index in [2.05, 4.69) is 10.8 Å². The Morgan fingerprint density at radius 3 is 2.33 bits per heavy atom. The van der Waals surface area contributed by atoms with Gasteiger partial charge in [0.05, 0.1) is 6.61 Å². The highest BCUT2D eigenvalue weighted by molar-refractivity contribution is 5.72. The van der Waals surface area contributed by atoms with Gasteiger partial charge in [0.2, 0.25) is 0 Å². The molecular formula is C15H14F2N2O2. The first-order chi connectivity index (χ1) is 10.1. The van der Waals surface area contributed by atoms with Gasteiger partial charge in [-0.15, -0.1) is 0 Å². The molecule has 2 N–H and O–H groups in total. The molecule has 0 spiro atoms. The molecule has 6 heteroatoms. The van der Waals surface area contributed by atoms with Crippen LogP contribution in [0.25, 0.3) is 0 Å². The summed E-state index contributed by atoms with van der Waals surface area (Å²) in [5.74, 6) is -1.37. The van der Waals surface area contributed by atoms with Crippen LogP contribution >= 0.6 is 0 Å². The van der Waals surface area contributed by atoms with E-state index < -0.39 is 17.7 Å². The Kier molecular flexibility index (Phi) is 5.22. The van der Waals surface area contributed by atoms with Crippen molar-refractivity contribution in [1.82, 2.24) is 10.8 Å². The van der Waals surface area contributed by atoms with Gasteiger partial charge >= 0.3 is 6.03 Å². The van der Waals surface area contributed by atoms with Crippen molar-refractivity contribution in [3.63, 3.8) is 0 Å². The van der Waals surface area contributed by atoms with E-state index in [1.54, 1.807) is 0 Å². The first-order valence-electron chi connectivity index (χ1n) is 6.28. The second kappa shape index (κ2) is 7.35. The van der Waals surface area contributed by atoms with E-state index in [0.29, 0.717) is 5.56 Å². The van der Waals surface area contributed by atoms with Crippen molar-refractivity contribution in [2.45, 2.75) is 13.2 Å². The number of urea groups is 1. The fourth-order valence-corrected chi connectivity index (χ4v) is 1.69. The Hall–Kier alpha value is -2.47. The van der Waals surface area contributed by atoms with Crippen LogP contribution in [-0.2, 0) is 18.0 Å². The number of halogens is 2. The summed E-state index contributed by atoms with van der Waals surface area (Å²) in [6.45, 7) is 0.220. The van der Waals surface area contributed by atoms with Crippen molar-refractivity contribution in [2.75, 3.05) is 0 Å². The minimum atomic E-state index is -0.687. The Labute approximate surface area is 120 Å². The lowest BCUT2D eigenvalue weighted by molar-refractivity contribution is 0.0489. The number of benzene rings is 2. The third-order valence-corrected chi connectivity index (χ3v) is 2.62. The van der Waals surface area contributed by atoms with Crippen LogP contribution < -0.4 is 10.8 Å². The van der Waals surface area contributed by atoms with Crippen LogP contribution in [0.3, 0.4) is 0 Å². The van der Waals surface area contributed by atoms with E-state index in [1.165, 1.54) is 0 Å². The van der Waals surface area contributed by atoms with Gasteiger partial charge in [-0.1, -0.05) is 30.3 Å². The highest BCUT2D eigenvalue weighted by Crippen LogP contribution is 2.07. The summed E-state index contributed by atoms with van der Waals surface area (Å²) < 4.78 is 25.9. The van der Waals surface area contributed by atoms with Gasteiger partial charge in [-0.25, -0.2) is 19.1 Å². The molecule has 2 amide bonds. The minimum absolute atomic E-state index is 0.00475. The SMILES string of the molecule is O=C(NCc1cc(F)cc(F)c1)NOCc1ccccc1. The normalized spacial score (nSPS) is 10.2. The number of hydrogen-bond acceptors (Lipinski definition) is 2. The molecule has 0 heterocycles. The van der Waals surface area contributed by atoms with E-state index in [0.717, 1.165) is 23.8 Å². The molecule has 0 fully saturated rings. The number of nitrogens with one attached hydrogen (secondary N) is 2. The topological polar surface area (TPSA) is 50.4 Å². The summed E-state index contributed by atoms with van der Waals surface area (Å²) >= 11 is 0. The van der Waals surface area contributed by atoms with Crippen molar-refractivity contribution in [1.29, 1.82) is 0 Å². The second-order valence-electron chi connectivity index (χ2n) is 4.34. The van der Waals surface area contributed by atoms with Gasteiger partial charge in [-0.2, -0.15) is 0 Å². The quantitative estimate of drug-likeness (QED) is 0.833. The lowest BCUT2D eigenvalue weighted by Crippen LogP contribution is -2.34. The molecule has 0 atom stereocenters. The molecule has 0 aliphatic carbocycles. The number of hydroxylamine groups is 1. The van der Waals surface area contributed by atoms with Crippen molar-refractivity contribution in [2.24, 2.45) is 0 Å². The zero-order valence-electron chi connectivity index (χ0n) is 11.1. The molecule has 0 saturated heterocycles. The van der Waals surface area contributed by atoms with E-state index in [9.17, 15) is 13.6 Å². The van der Waals surface area contributed by atoms with Crippen LogP contribution in [0, 0.1) is 11.6 Å². The van der Waals surface area contributed by atoms with Crippen LogP contribution in [0.4, 0.5) is 13.6 Å². The largest absolute Gasteiger partial charge is 0.338 e. The average molecular weight is 292 g/mol. The summed E-state index contributed by atoms with van der Waals surface area (Å²) in [7, 11) is 0. The zero-order valence-corrected chi connectivity index (χ0v) is 11.1. The van der Waals surface area contributed by atoms with Gasteiger partial charge < -0.3 is 5.32 Å². The molecule has 2 aromatic rings. The molecule has 0 aliphatic rings. The lowest BCUT2D eigenvalue weighted by atomic mass is 10.2. The molecular weight excluding hydrogens is 278 g/mol. The third kappa shape index (κ3) is 5.19. The van der Waals surface area contributed by atoms with E-state index in [-0.39, 0.29) is 13.2 Å². The molecule has 21 heavy (non-hydrogen) atoms. The highest BCUT2D eigenvalue weighted by atomic mass is 19.1. The van der Waals surface area contributed by atoms with Crippen LogP contribution in [-0.4, -0.2) is 6.03 Å². The summed E-state index contributed by atoms with van der Waals surface area (Å²) in [6.07, 6.45) is 0. The molecule has 2 rings (SSSR count). The van der Waals surface area contributed by atoms with E-state index in [1.807, 2.05) is 30.3 Å². The van der Waals surface area contributed by atoms with Crippen LogP contribution in [0.5, 0.6) is 0 Å². The summed E-state index contributed by atoms with van der Waals surface area (Å²) in [6, 6.07) is 11.8. The molecule has 2 aromatic carbocycles. The van der Waals surface area contributed by atoms with Gasteiger partial charge in [0.25, 0.3) is 0 Å². The van der Waals surface area contributed by atoms with Gasteiger partial charge in [0, 0.05) is 12.6 Å². The summed E-state index contributed by atoms with van der Waals surface area (Å²) in [4.78, 5) is 16.4. The fraction of sp³-hybridized carbons (Fsp3) is 0.133. The predicted octanol–water partition coefficient (Wildman–Crippen LogP) is 2.90. The van der Waals surface area contributed by atoms with Crippen molar-refractivity contribution >= 4 is 6.03 Å². The number of carbonyl (C=O) groups is 1. The first kappa shape index (κ1) is 14.9. The number of carbonyl (C=O) groups excluding carboxylic acids is 1. The first-order valence-corrected chi connectivity index (χ1v) is 6.28. The van der Waals surface area contributed by atoms with E-state index >= 15 is 0 Å². The van der Waals surface area contributed by atoms with Gasteiger partial charge in [0.1, 0.15) is 11.6 Å². The molecule has 0 aliphatic heterocycles. The molecule has 0 bridgehead atoms. The molecule has 4 nitrogen and oxygen atoms in total. The molecule has 110 valence electrons. The van der Waals surface area contributed by atoms with Gasteiger partial charge in [-0.05, 0) is 23.3 Å². The Bertz CT molecular complexity index is 586. The highest BCUT2D eigenvalue weighted by Gasteiger charge is 2.04. The Morgan fingerprint density at radius 1 is 1.00 bits per heavy atom. The Balaban J connectivity index is 1.72. The maximum Gasteiger partial charge on any atom is 0.338 e. The lowest BCUT2D eigenvalue weighted by Gasteiger charge is -2.08. The zero-order chi connectivity index (χ0) is 15.1. The van der Waals surface area contributed by atoms with Gasteiger partial charge in [-0.3, -0.25) is 4.84 Å². The number of rotatable bonds is 5. The molecule has 0 saturated carbocycles. The second-order valence-corrected chi connectivity index (χ2v) is 4.34. The van der Waals surface area contributed by atoms with Crippen LogP contribution in [0.2, 0.25) is 0 Å². The third-order valence-electron chi connectivity index (χ3n) is 2.62. The number of amides is 2. The van der Waals surface area contributed by atoms with E-state index in [4.69, 9.17) is 4.84 Å². The van der Waals surface area contributed by atoms with Gasteiger partial charge in [0.15, 0.2) is 0 Å². The predicted molar refractivity (Wildman–Crippen MR) is 73.0 cm³/mol. The van der Waals surface area contributed by atoms with Crippen LogP contribution in [0.15, 0.2) is 48.5 Å². The Morgan fingerprint density at radius 2 is 1.67 bits per heavy atom. The van der Waals surface area contributed by atoms with Crippen molar-refractivity contribution < 1.29 is 18.4 Å². The average Bonchev–Trinajstić information content (AvgIpc) is 2.45. The standard InChI is InChI=1S/C15H14F2N2O2/c16-13-6-12(7-14(17)8-13)9-18-15(20)19-21-10-11-4-2-1-3-5-11/h1-8H,9-10H2,(H2,18,19,20). The minimum Gasteiger partial charge on any atom is -0.332 e. The number of hydrogen-bond donors (Lipinski definition) is 2. The fourth-order valence-electron chi connectivity index (χ4n) is 1.69. The summed E-state index contributed by atoms with van der Waals surface area (Å²) in [5, 5.41) is 2.43. The summed E-state index contributed by atoms with van der Waals surface area (Å²) in [5.41, 5.74) is 3.43. The van der Waals surface area contributed by atoms with Crippen molar-refractivity contribution in [3.8, 4) is 0 Å². The van der Waals surface area contributed by atoms with Crippen LogP contribution in [0.1, 0.15) is 11.1 Å². The molecule has 0 aromatic heterocycles. The monoisotopic (exact) mass is 292 g/mol. The maximum absolute atomic E-state index is 12.9. The van der Waals surface area contributed by atoms with Crippen molar-refractivity contribution in [3.05, 3.63) is 71.3 Å².